The Bertz CT molecular complexity index is 748. The van der Waals surface area contributed by atoms with Gasteiger partial charge in [-0.05, 0) is 50.0 Å². The Morgan fingerprint density at radius 2 is 2.07 bits per heavy atom. The first-order valence-corrected chi connectivity index (χ1v) is 10.7. The Kier molecular flexibility index (Phi) is 9.35. The summed E-state index contributed by atoms with van der Waals surface area (Å²) in [6, 6.07) is 9.13. The van der Waals surface area contributed by atoms with Crippen LogP contribution < -0.4 is 4.74 Å². The number of ether oxygens (including phenoxy) is 4. The SMILES string of the molecule is CCCCC(CC)COC(=O)/C(C#N)=C/c1ccc(OCC2COC(C)(C)O2)cc1. The van der Waals surface area contributed by atoms with Gasteiger partial charge in [-0.1, -0.05) is 45.2 Å². The van der Waals surface area contributed by atoms with Gasteiger partial charge in [-0.3, -0.25) is 0 Å². The second-order valence-corrected chi connectivity index (χ2v) is 8.02. The van der Waals surface area contributed by atoms with Crippen LogP contribution in [0, 0.1) is 17.2 Å². The van der Waals surface area contributed by atoms with Crippen molar-refractivity contribution in [1.82, 2.24) is 0 Å². The second-order valence-electron chi connectivity index (χ2n) is 8.02. The molecule has 1 aromatic rings. The van der Waals surface area contributed by atoms with Crippen LogP contribution in [0.15, 0.2) is 29.8 Å². The molecule has 6 nitrogen and oxygen atoms in total. The zero-order valence-electron chi connectivity index (χ0n) is 18.5. The van der Waals surface area contributed by atoms with Gasteiger partial charge in [0.2, 0.25) is 0 Å². The van der Waals surface area contributed by atoms with E-state index >= 15 is 0 Å². The molecule has 0 aliphatic carbocycles. The fourth-order valence-electron chi connectivity index (χ4n) is 3.17. The van der Waals surface area contributed by atoms with Gasteiger partial charge in [-0.2, -0.15) is 5.26 Å². The molecule has 1 saturated heterocycles. The molecule has 0 bridgehead atoms. The number of esters is 1. The predicted molar refractivity (Wildman–Crippen MR) is 115 cm³/mol. The Hall–Kier alpha value is -2.36. The first kappa shape index (κ1) is 23.9. The number of hydrogen-bond acceptors (Lipinski definition) is 6. The first-order chi connectivity index (χ1) is 14.4. The van der Waals surface area contributed by atoms with Crippen molar-refractivity contribution in [2.75, 3.05) is 19.8 Å². The number of nitrogens with zero attached hydrogens (tertiary/aromatic N) is 1. The number of benzene rings is 1. The summed E-state index contributed by atoms with van der Waals surface area (Å²) in [4.78, 5) is 12.3. The van der Waals surface area contributed by atoms with Crippen LogP contribution in [0.1, 0.15) is 58.9 Å². The van der Waals surface area contributed by atoms with Crippen molar-refractivity contribution in [2.24, 2.45) is 5.92 Å². The lowest BCUT2D eigenvalue weighted by molar-refractivity contribution is -0.141. The average molecular weight is 416 g/mol. The van der Waals surface area contributed by atoms with Gasteiger partial charge in [-0.25, -0.2) is 4.79 Å². The lowest BCUT2D eigenvalue weighted by Gasteiger charge is -2.17. The van der Waals surface area contributed by atoms with Crippen molar-refractivity contribution < 1.29 is 23.7 Å². The number of rotatable bonds is 11. The number of hydrogen-bond donors (Lipinski definition) is 0. The van der Waals surface area contributed by atoms with Gasteiger partial charge < -0.3 is 18.9 Å². The number of carbonyl (C=O) groups excluding carboxylic acids is 1. The van der Waals surface area contributed by atoms with E-state index in [0.29, 0.717) is 31.5 Å². The van der Waals surface area contributed by atoms with Crippen molar-refractivity contribution in [1.29, 1.82) is 5.26 Å². The average Bonchev–Trinajstić information content (AvgIpc) is 3.10. The summed E-state index contributed by atoms with van der Waals surface area (Å²) in [6.45, 7) is 9.22. The maximum absolute atomic E-state index is 12.3. The molecule has 0 spiro atoms. The molecular formula is C24H33NO5. The van der Waals surface area contributed by atoms with Crippen LogP contribution in [0.25, 0.3) is 6.08 Å². The Morgan fingerprint density at radius 1 is 1.33 bits per heavy atom. The van der Waals surface area contributed by atoms with Crippen LogP contribution in [-0.4, -0.2) is 37.7 Å². The standard InChI is InChI=1S/C24H33NO5/c1-5-7-8-18(6-2)15-28-23(26)20(14-25)13-19-9-11-21(12-10-19)27-16-22-17-29-24(3,4)30-22/h9-13,18,22H,5-8,15-17H2,1-4H3/b20-13+. The van der Waals surface area contributed by atoms with E-state index in [-0.39, 0.29) is 11.7 Å². The van der Waals surface area contributed by atoms with Crippen LogP contribution in [0.4, 0.5) is 0 Å². The molecule has 0 N–H and O–H groups in total. The Balaban J connectivity index is 1.87. The molecule has 0 radical (unpaired) electrons. The van der Waals surface area contributed by atoms with E-state index in [9.17, 15) is 10.1 Å². The third-order valence-electron chi connectivity index (χ3n) is 5.03. The van der Waals surface area contributed by atoms with Crippen molar-refractivity contribution in [2.45, 2.75) is 65.3 Å². The summed E-state index contributed by atoms with van der Waals surface area (Å²) >= 11 is 0. The highest BCUT2D eigenvalue weighted by Crippen LogP contribution is 2.23. The van der Waals surface area contributed by atoms with E-state index in [0.717, 1.165) is 31.2 Å². The fourth-order valence-corrected chi connectivity index (χ4v) is 3.17. The van der Waals surface area contributed by atoms with Crippen molar-refractivity contribution in [3.8, 4) is 11.8 Å². The third-order valence-corrected chi connectivity index (χ3v) is 5.03. The van der Waals surface area contributed by atoms with Crippen LogP contribution >= 0.6 is 0 Å². The van der Waals surface area contributed by atoms with Gasteiger partial charge in [-0.15, -0.1) is 0 Å². The zero-order valence-corrected chi connectivity index (χ0v) is 18.5. The highest BCUT2D eigenvalue weighted by molar-refractivity contribution is 5.97. The summed E-state index contributed by atoms with van der Waals surface area (Å²) < 4.78 is 22.3. The van der Waals surface area contributed by atoms with Crippen molar-refractivity contribution >= 4 is 12.0 Å². The fraction of sp³-hybridized carbons (Fsp3) is 0.583. The van der Waals surface area contributed by atoms with Crippen LogP contribution in [0.3, 0.4) is 0 Å². The number of carbonyl (C=O) groups is 1. The largest absolute Gasteiger partial charge is 0.491 e. The molecule has 164 valence electrons. The molecule has 1 heterocycles. The van der Waals surface area contributed by atoms with Gasteiger partial charge in [0.1, 0.15) is 30.1 Å². The van der Waals surface area contributed by atoms with E-state index in [1.165, 1.54) is 6.08 Å². The Morgan fingerprint density at radius 3 is 2.63 bits per heavy atom. The molecule has 2 unspecified atom stereocenters. The van der Waals surface area contributed by atoms with E-state index in [1.54, 1.807) is 24.3 Å². The molecule has 2 rings (SSSR count). The molecule has 1 aliphatic heterocycles. The molecule has 0 amide bonds. The van der Waals surface area contributed by atoms with Gasteiger partial charge in [0.05, 0.1) is 13.2 Å². The molecule has 1 aromatic carbocycles. The topological polar surface area (TPSA) is 77.8 Å². The first-order valence-electron chi connectivity index (χ1n) is 10.7. The zero-order chi connectivity index (χ0) is 22.0. The molecule has 30 heavy (non-hydrogen) atoms. The Labute approximate surface area is 179 Å². The maximum Gasteiger partial charge on any atom is 0.348 e. The number of nitriles is 1. The summed E-state index contributed by atoms with van der Waals surface area (Å²) in [6.07, 6.45) is 5.65. The normalized spacial score (nSPS) is 19.2. The van der Waals surface area contributed by atoms with E-state index < -0.39 is 11.8 Å². The van der Waals surface area contributed by atoms with Crippen LogP contribution in [0.5, 0.6) is 5.75 Å². The quantitative estimate of drug-likeness (QED) is 0.291. The van der Waals surface area contributed by atoms with Gasteiger partial charge in [0, 0.05) is 0 Å². The maximum atomic E-state index is 12.3. The minimum atomic E-state index is -0.575. The van der Waals surface area contributed by atoms with Crippen molar-refractivity contribution in [3.05, 3.63) is 35.4 Å². The minimum absolute atomic E-state index is 0.00671. The number of unbranched alkanes of at least 4 members (excludes halogenated alkanes) is 1. The van der Waals surface area contributed by atoms with Crippen LogP contribution in [-0.2, 0) is 19.0 Å². The van der Waals surface area contributed by atoms with Gasteiger partial charge >= 0.3 is 5.97 Å². The highest BCUT2D eigenvalue weighted by atomic mass is 16.7. The molecule has 0 aromatic heterocycles. The molecular weight excluding hydrogens is 382 g/mol. The lowest BCUT2D eigenvalue weighted by atomic mass is 10.0. The highest BCUT2D eigenvalue weighted by Gasteiger charge is 2.32. The van der Waals surface area contributed by atoms with Crippen LogP contribution in [0.2, 0.25) is 0 Å². The van der Waals surface area contributed by atoms with Gasteiger partial charge in [0.15, 0.2) is 5.79 Å². The molecule has 6 heteroatoms. The molecule has 1 aliphatic rings. The smallest absolute Gasteiger partial charge is 0.348 e. The van der Waals surface area contributed by atoms with E-state index in [1.807, 2.05) is 19.9 Å². The minimum Gasteiger partial charge on any atom is -0.491 e. The monoisotopic (exact) mass is 415 g/mol. The third kappa shape index (κ3) is 7.81. The van der Waals surface area contributed by atoms with Gasteiger partial charge in [0.25, 0.3) is 0 Å². The summed E-state index contributed by atoms with van der Waals surface area (Å²) in [5.74, 6) is -0.125. The van der Waals surface area contributed by atoms with Crippen molar-refractivity contribution in [3.63, 3.8) is 0 Å². The molecule has 0 saturated carbocycles. The van der Waals surface area contributed by atoms with E-state index in [2.05, 4.69) is 13.8 Å². The lowest BCUT2D eigenvalue weighted by Crippen LogP contribution is -2.25. The predicted octanol–water partition coefficient (Wildman–Crippen LogP) is 4.88. The summed E-state index contributed by atoms with van der Waals surface area (Å²) in [7, 11) is 0. The molecule has 2 atom stereocenters. The van der Waals surface area contributed by atoms with E-state index in [4.69, 9.17) is 18.9 Å². The summed E-state index contributed by atoms with van der Waals surface area (Å²) in [5.41, 5.74) is 0.725. The summed E-state index contributed by atoms with van der Waals surface area (Å²) in [5, 5.41) is 9.35. The second kappa shape index (κ2) is 11.7. The molecule has 1 fully saturated rings.